The number of imidazole rings is 1. The standard InChI is InChI=1S/C31H30BrClN6O2/c1-17(2)11-22-14-36-39-27-15-37(30(40)21-7-10-25(32)26(33)13-21)18(3)12-24(27)31(41)38(29(22)39)23-8-5-20(6-9-23)28-19(4)34-16-35-28/h5-10,13-14,16-18H,11-12,15H2,1-4H3,(H,34,35)/t18-/m1/s1. The second-order valence-corrected chi connectivity index (χ2v) is 12.4. The molecule has 0 fully saturated rings. The van der Waals surface area contributed by atoms with E-state index in [1.54, 1.807) is 34.0 Å². The molecule has 1 aliphatic rings. The number of halogens is 2. The molecule has 2 aromatic carbocycles. The number of nitrogens with zero attached hydrogens (tertiary/aromatic N) is 5. The molecule has 10 heteroatoms. The average Bonchev–Trinajstić information content (AvgIpc) is 3.56. The molecule has 0 spiro atoms. The van der Waals surface area contributed by atoms with Gasteiger partial charge in [0.1, 0.15) is 5.65 Å². The maximum Gasteiger partial charge on any atom is 0.261 e. The Balaban J connectivity index is 1.49. The van der Waals surface area contributed by atoms with E-state index in [0.717, 1.165) is 50.4 Å². The summed E-state index contributed by atoms with van der Waals surface area (Å²) in [6.07, 6.45) is 4.72. The van der Waals surface area contributed by atoms with Crippen molar-refractivity contribution in [3.05, 3.63) is 103 Å². The van der Waals surface area contributed by atoms with Gasteiger partial charge in [0.15, 0.2) is 0 Å². The number of carbonyl (C=O) groups excluding carboxylic acids is 1. The summed E-state index contributed by atoms with van der Waals surface area (Å²) >= 11 is 9.69. The zero-order valence-corrected chi connectivity index (χ0v) is 25.6. The molecule has 5 aromatic rings. The van der Waals surface area contributed by atoms with Gasteiger partial charge in [-0.1, -0.05) is 37.6 Å². The molecule has 0 radical (unpaired) electrons. The Morgan fingerprint density at radius 1 is 1.20 bits per heavy atom. The fourth-order valence-corrected chi connectivity index (χ4v) is 6.13. The van der Waals surface area contributed by atoms with Crippen LogP contribution in [0.2, 0.25) is 5.02 Å². The number of fused-ring (bicyclic) bond motifs is 3. The lowest BCUT2D eigenvalue weighted by atomic mass is 9.98. The van der Waals surface area contributed by atoms with Gasteiger partial charge >= 0.3 is 0 Å². The van der Waals surface area contributed by atoms with Crippen LogP contribution in [0.25, 0.3) is 22.6 Å². The van der Waals surface area contributed by atoms with Crippen molar-refractivity contribution < 1.29 is 4.79 Å². The van der Waals surface area contributed by atoms with Gasteiger partial charge in [-0.25, -0.2) is 9.50 Å². The summed E-state index contributed by atoms with van der Waals surface area (Å²) in [7, 11) is 0. The van der Waals surface area contributed by atoms with Gasteiger partial charge in [-0.15, -0.1) is 0 Å². The van der Waals surface area contributed by atoms with E-state index in [0.29, 0.717) is 28.5 Å². The zero-order chi connectivity index (χ0) is 29.0. The summed E-state index contributed by atoms with van der Waals surface area (Å²) in [5.74, 6) is 0.239. The average molecular weight is 634 g/mol. The Hall–Kier alpha value is -3.69. The molecule has 0 bridgehead atoms. The van der Waals surface area contributed by atoms with Gasteiger partial charge in [0.25, 0.3) is 11.5 Å². The third-order valence-corrected chi connectivity index (χ3v) is 8.98. The van der Waals surface area contributed by atoms with E-state index < -0.39 is 0 Å². The Morgan fingerprint density at radius 2 is 1.95 bits per heavy atom. The van der Waals surface area contributed by atoms with Crippen molar-refractivity contribution >= 4 is 39.1 Å². The van der Waals surface area contributed by atoms with Gasteiger partial charge in [0.2, 0.25) is 0 Å². The first-order valence-corrected chi connectivity index (χ1v) is 14.8. The lowest BCUT2D eigenvalue weighted by molar-refractivity contribution is 0.0651. The number of amides is 1. The molecule has 0 saturated carbocycles. The number of aryl methyl sites for hydroxylation is 1. The van der Waals surface area contributed by atoms with Crippen LogP contribution in [0.5, 0.6) is 0 Å². The van der Waals surface area contributed by atoms with Gasteiger partial charge in [-0.2, -0.15) is 5.10 Å². The van der Waals surface area contributed by atoms with Crippen molar-refractivity contribution in [1.82, 2.24) is 29.0 Å². The van der Waals surface area contributed by atoms with Crippen LogP contribution in [0, 0.1) is 12.8 Å². The molecule has 1 aliphatic heterocycles. The molecule has 1 atom stereocenters. The predicted octanol–water partition coefficient (Wildman–Crippen LogP) is 6.39. The first kappa shape index (κ1) is 27.5. The van der Waals surface area contributed by atoms with Crippen molar-refractivity contribution in [3.63, 3.8) is 0 Å². The fraction of sp³-hybridized carbons (Fsp3) is 0.290. The van der Waals surface area contributed by atoms with Crippen molar-refractivity contribution in [2.75, 3.05) is 0 Å². The Labute approximate surface area is 251 Å². The van der Waals surface area contributed by atoms with E-state index in [4.69, 9.17) is 16.7 Å². The number of rotatable bonds is 5. The quantitative estimate of drug-likeness (QED) is 0.243. The lowest BCUT2D eigenvalue weighted by Gasteiger charge is -2.35. The number of aromatic nitrogens is 5. The smallest absolute Gasteiger partial charge is 0.261 e. The molecule has 0 saturated heterocycles. The van der Waals surface area contributed by atoms with E-state index in [1.165, 1.54) is 0 Å². The molecular formula is C31H30BrClN6O2. The highest BCUT2D eigenvalue weighted by molar-refractivity contribution is 9.10. The van der Waals surface area contributed by atoms with Gasteiger partial charge in [-0.05, 0) is 84.4 Å². The van der Waals surface area contributed by atoms with Crippen molar-refractivity contribution in [1.29, 1.82) is 0 Å². The number of hydrogen-bond donors (Lipinski definition) is 1. The van der Waals surface area contributed by atoms with Crippen LogP contribution in [0.3, 0.4) is 0 Å². The summed E-state index contributed by atoms with van der Waals surface area (Å²) in [5, 5.41) is 5.25. The molecule has 4 heterocycles. The van der Waals surface area contributed by atoms with Gasteiger partial charge < -0.3 is 9.88 Å². The summed E-state index contributed by atoms with van der Waals surface area (Å²) in [4.78, 5) is 37.2. The monoisotopic (exact) mass is 632 g/mol. The molecule has 8 nitrogen and oxygen atoms in total. The largest absolute Gasteiger partial charge is 0.344 e. The fourth-order valence-electron chi connectivity index (χ4n) is 5.71. The second-order valence-electron chi connectivity index (χ2n) is 11.1. The Morgan fingerprint density at radius 3 is 2.61 bits per heavy atom. The summed E-state index contributed by atoms with van der Waals surface area (Å²) < 4.78 is 4.38. The first-order chi connectivity index (χ1) is 19.6. The first-order valence-electron chi connectivity index (χ1n) is 13.6. The van der Waals surface area contributed by atoms with E-state index in [-0.39, 0.29) is 24.1 Å². The molecule has 1 N–H and O–H groups in total. The maximum atomic E-state index is 14.3. The minimum atomic E-state index is -0.188. The van der Waals surface area contributed by atoms with E-state index in [9.17, 15) is 9.59 Å². The Kier molecular flexibility index (Phi) is 7.11. The minimum absolute atomic E-state index is 0.0749. The number of benzene rings is 2. The third-order valence-electron chi connectivity index (χ3n) is 7.74. The van der Waals surface area contributed by atoms with Crippen LogP contribution >= 0.6 is 27.5 Å². The van der Waals surface area contributed by atoms with Crippen LogP contribution in [0.4, 0.5) is 0 Å². The molecule has 210 valence electrons. The summed E-state index contributed by atoms with van der Waals surface area (Å²) in [6, 6.07) is 13.0. The van der Waals surface area contributed by atoms with Crippen LogP contribution < -0.4 is 5.56 Å². The normalized spacial score (nSPS) is 15.1. The highest BCUT2D eigenvalue weighted by Crippen LogP contribution is 2.30. The highest BCUT2D eigenvalue weighted by Gasteiger charge is 2.33. The van der Waals surface area contributed by atoms with Crippen molar-refractivity contribution in [2.45, 2.75) is 53.1 Å². The topological polar surface area (TPSA) is 88.3 Å². The van der Waals surface area contributed by atoms with E-state index >= 15 is 0 Å². The number of nitrogens with one attached hydrogen (secondary N) is 1. The lowest BCUT2D eigenvalue weighted by Crippen LogP contribution is -2.46. The summed E-state index contributed by atoms with van der Waals surface area (Å²) in [6.45, 7) is 8.51. The van der Waals surface area contributed by atoms with Crippen molar-refractivity contribution in [3.8, 4) is 16.9 Å². The van der Waals surface area contributed by atoms with Crippen LogP contribution in [0.1, 0.15) is 53.6 Å². The number of aromatic amines is 1. The molecule has 1 amide bonds. The third kappa shape index (κ3) is 4.81. The molecule has 41 heavy (non-hydrogen) atoms. The highest BCUT2D eigenvalue weighted by atomic mass is 79.9. The number of hydrogen-bond acceptors (Lipinski definition) is 4. The minimum Gasteiger partial charge on any atom is -0.344 e. The van der Waals surface area contributed by atoms with Gasteiger partial charge in [0.05, 0.1) is 46.9 Å². The van der Waals surface area contributed by atoms with Crippen molar-refractivity contribution in [2.24, 2.45) is 5.92 Å². The van der Waals surface area contributed by atoms with Crippen LogP contribution in [0.15, 0.2) is 64.3 Å². The predicted molar refractivity (Wildman–Crippen MR) is 164 cm³/mol. The van der Waals surface area contributed by atoms with Gasteiger partial charge in [0, 0.05) is 27.2 Å². The maximum absolute atomic E-state index is 14.3. The van der Waals surface area contributed by atoms with E-state index in [2.05, 4.69) is 39.7 Å². The van der Waals surface area contributed by atoms with Crippen LogP contribution in [-0.4, -0.2) is 41.0 Å². The second kappa shape index (κ2) is 10.6. The number of carbonyl (C=O) groups is 1. The molecule has 0 unspecified atom stereocenters. The van der Waals surface area contributed by atoms with Crippen LogP contribution in [-0.2, 0) is 19.4 Å². The summed E-state index contributed by atoms with van der Waals surface area (Å²) in [5.41, 5.74) is 7.22. The number of H-pyrrole nitrogens is 1. The van der Waals surface area contributed by atoms with Gasteiger partial charge in [-0.3, -0.25) is 14.2 Å². The van der Waals surface area contributed by atoms with E-state index in [1.807, 2.05) is 48.8 Å². The molecular weight excluding hydrogens is 604 g/mol. The molecule has 6 rings (SSSR count). The molecule has 3 aromatic heterocycles. The SMILES string of the molecule is Cc1nc[nH]c1-c1ccc(-n2c(=O)c3c(n4ncc(CC(C)C)c24)CN(C(=O)c2ccc(Br)c(Cl)c2)[C@H](C)C3)cc1. The zero-order valence-electron chi connectivity index (χ0n) is 23.3. The Bertz CT molecular complexity index is 1850. The molecule has 0 aliphatic carbocycles.